The summed E-state index contributed by atoms with van der Waals surface area (Å²) in [6.45, 7) is 3.33. The highest BCUT2D eigenvalue weighted by Gasteiger charge is 2.28. The van der Waals surface area contributed by atoms with E-state index in [9.17, 15) is 9.18 Å². The molecule has 29 heavy (non-hydrogen) atoms. The third-order valence-electron chi connectivity index (χ3n) is 5.18. The molecule has 154 valence electrons. The third kappa shape index (κ3) is 4.49. The second-order valence-electron chi connectivity index (χ2n) is 7.11. The molecule has 0 bridgehead atoms. The van der Waals surface area contributed by atoms with Crippen LogP contribution in [-0.4, -0.2) is 44.7 Å². The van der Waals surface area contributed by atoms with E-state index in [-0.39, 0.29) is 36.0 Å². The van der Waals surface area contributed by atoms with Crippen LogP contribution in [0.5, 0.6) is 0 Å². The van der Waals surface area contributed by atoms with Crippen molar-refractivity contribution in [1.82, 2.24) is 19.7 Å². The fourth-order valence-electron chi connectivity index (χ4n) is 3.50. The summed E-state index contributed by atoms with van der Waals surface area (Å²) in [5.41, 5.74) is 6.65. The fourth-order valence-corrected chi connectivity index (χ4v) is 4.20. The maximum atomic E-state index is 13.3. The molecule has 0 spiro atoms. The molecule has 1 fully saturated rings. The SMILES string of the molecule is CC(N)C1CCN(C(=O)c2nc(-c3cccs3)n(-c3ccc(F)cc3)n2)CC1.Cl. The van der Waals surface area contributed by atoms with E-state index in [1.54, 1.807) is 21.7 Å². The van der Waals surface area contributed by atoms with Crippen molar-refractivity contribution in [3.05, 3.63) is 53.4 Å². The van der Waals surface area contributed by atoms with Crippen LogP contribution in [0, 0.1) is 11.7 Å². The Morgan fingerprint density at radius 1 is 1.24 bits per heavy atom. The van der Waals surface area contributed by atoms with Gasteiger partial charge in [0.15, 0.2) is 5.82 Å². The number of nitrogens with two attached hydrogens (primary N) is 1. The Bertz CT molecular complexity index is 950. The van der Waals surface area contributed by atoms with Crippen LogP contribution in [0.2, 0.25) is 0 Å². The zero-order chi connectivity index (χ0) is 19.7. The number of carbonyl (C=O) groups is 1. The Balaban J connectivity index is 0.00000240. The van der Waals surface area contributed by atoms with Crippen LogP contribution in [0.4, 0.5) is 4.39 Å². The van der Waals surface area contributed by atoms with Crippen molar-refractivity contribution in [2.45, 2.75) is 25.8 Å². The molecule has 2 aromatic heterocycles. The number of hydrogen-bond acceptors (Lipinski definition) is 5. The van der Waals surface area contributed by atoms with Gasteiger partial charge in [-0.25, -0.2) is 14.1 Å². The van der Waals surface area contributed by atoms with E-state index in [4.69, 9.17) is 5.73 Å². The van der Waals surface area contributed by atoms with Gasteiger partial charge in [-0.3, -0.25) is 4.79 Å². The van der Waals surface area contributed by atoms with E-state index in [2.05, 4.69) is 10.1 Å². The number of likely N-dealkylation sites (tertiary alicyclic amines) is 1. The normalized spacial score (nSPS) is 15.8. The van der Waals surface area contributed by atoms with Crippen LogP contribution in [0.15, 0.2) is 41.8 Å². The molecule has 6 nitrogen and oxygen atoms in total. The van der Waals surface area contributed by atoms with Gasteiger partial charge in [0.1, 0.15) is 5.82 Å². The van der Waals surface area contributed by atoms with Crippen molar-refractivity contribution < 1.29 is 9.18 Å². The Kier molecular flexibility index (Phi) is 6.66. The summed E-state index contributed by atoms with van der Waals surface area (Å²) in [4.78, 5) is 20.2. The van der Waals surface area contributed by atoms with E-state index >= 15 is 0 Å². The van der Waals surface area contributed by atoms with Crippen LogP contribution in [0.3, 0.4) is 0 Å². The lowest BCUT2D eigenvalue weighted by atomic mass is 9.91. The van der Waals surface area contributed by atoms with Crippen molar-refractivity contribution in [2.24, 2.45) is 11.7 Å². The minimum absolute atomic E-state index is 0. The minimum atomic E-state index is -0.324. The predicted molar refractivity (Wildman–Crippen MR) is 114 cm³/mol. The molecule has 2 N–H and O–H groups in total. The number of amides is 1. The molecule has 1 amide bonds. The first-order valence-corrected chi connectivity index (χ1v) is 10.2. The van der Waals surface area contributed by atoms with E-state index in [0.717, 1.165) is 17.7 Å². The number of rotatable bonds is 4. The Morgan fingerprint density at radius 3 is 2.52 bits per heavy atom. The summed E-state index contributed by atoms with van der Waals surface area (Å²) in [6.07, 6.45) is 1.78. The second kappa shape index (κ2) is 9.02. The van der Waals surface area contributed by atoms with Crippen LogP contribution in [0.25, 0.3) is 16.4 Å². The minimum Gasteiger partial charge on any atom is -0.336 e. The van der Waals surface area contributed by atoms with Gasteiger partial charge in [0.2, 0.25) is 5.82 Å². The van der Waals surface area contributed by atoms with E-state index in [1.807, 2.05) is 24.4 Å². The van der Waals surface area contributed by atoms with Crippen molar-refractivity contribution in [1.29, 1.82) is 0 Å². The van der Waals surface area contributed by atoms with Gasteiger partial charge < -0.3 is 10.6 Å². The Hall–Kier alpha value is -2.29. The smallest absolute Gasteiger partial charge is 0.293 e. The zero-order valence-electron chi connectivity index (χ0n) is 16.0. The number of piperidine rings is 1. The summed E-state index contributed by atoms with van der Waals surface area (Å²) in [6, 6.07) is 9.98. The molecule has 0 saturated carbocycles. The van der Waals surface area contributed by atoms with Gasteiger partial charge >= 0.3 is 0 Å². The molecule has 1 atom stereocenters. The largest absolute Gasteiger partial charge is 0.336 e. The summed E-state index contributed by atoms with van der Waals surface area (Å²) < 4.78 is 14.9. The van der Waals surface area contributed by atoms with E-state index < -0.39 is 0 Å². The third-order valence-corrected chi connectivity index (χ3v) is 6.05. The number of nitrogens with zero attached hydrogens (tertiary/aromatic N) is 4. The van der Waals surface area contributed by atoms with Crippen molar-refractivity contribution >= 4 is 29.7 Å². The Morgan fingerprint density at radius 2 is 1.93 bits per heavy atom. The first-order chi connectivity index (χ1) is 13.5. The van der Waals surface area contributed by atoms with Gasteiger partial charge in [-0.1, -0.05) is 6.07 Å². The predicted octanol–water partition coefficient (Wildman–Crippen LogP) is 3.76. The number of carbonyl (C=O) groups excluding carboxylic acids is 1. The van der Waals surface area contributed by atoms with Crippen LogP contribution >= 0.6 is 23.7 Å². The van der Waals surface area contributed by atoms with Gasteiger partial charge in [-0.05, 0) is 61.4 Å². The highest BCUT2D eigenvalue weighted by Crippen LogP contribution is 2.27. The molecule has 3 aromatic rings. The number of aromatic nitrogens is 3. The number of hydrogen-bond donors (Lipinski definition) is 1. The molecule has 4 rings (SSSR count). The summed E-state index contributed by atoms with van der Waals surface area (Å²) in [5, 5.41) is 6.41. The molecule has 9 heteroatoms. The average molecular weight is 436 g/mol. The molecule has 1 unspecified atom stereocenters. The van der Waals surface area contributed by atoms with Gasteiger partial charge in [-0.2, -0.15) is 0 Å². The first kappa shape index (κ1) is 21.4. The van der Waals surface area contributed by atoms with E-state index in [0.29, 0.717) is 30.5 Å². The molecule has 0 radical (unpaired) electrons. The molecule has 1 aliphatic heterocycles. The van der Waals surface area contributed by atoms with Gasteiger partial charge in [0.05, 0.1) is 10.6 Å². The van der Waals surface area contributed by atoms with Gasteiger partial charge in [-0.15, -0.1) is 28.8 Å². The molecule has 3 heterocycles. The lowest BCUT2D eigenvalue weighted by Gasteiger charge is -2.33. The molecule has 1 saturated heterocycles. The molecule has 0 aliphatic carbocycles. The standard InChI is InChI=1S/C20H22FN5OS.ClH/c1-13(22)14-8-10-25(11-9-14)20(27)18-23-19(17-3-2-12-28-17)26(24-18)16-6-4-15(21)5-7-16;/h2-7,12-14H,8-11,22H2,1H3;1H. The molecule has 1 aromatic carbocycles. The maximum Gasteiger partial charge on any atom is 0.293 e. The van der Waals surface area contributed by atoms with Crippen molar-refractivity contribution in [3.63, 3.8) is 0 Å². The average Bonchev–Trinajstić information content (AvgIpc) is 3.38. The monoisotopic (exact) mass is 435 g/mol. The number of thiophene rings is 1. The molecular formula is C20H23ClFN5OS. The topological polar surface area (TPSA) is 77.0 Å². The fraction of sp³-hybridized carbons (Fsp3) is 0.350. The Labute approximate surface area is 179 Å². The summed E-state index contributed by atoms with van der Waals surface area (Å²) >= 11 is 1.52. The number of halogens is 2. The highest BCUT2D eigenvalue weighted by atomic mass is 35.5. The van der Waals surface area contributed by atoms with Crippen LogP contribution in [0.1, 0.15) is 30.4 Å². The van der Waals surface area contributed by atoms with Crippen LogP contribution < -0.4 is 5.73 Å². The lowest BCUT2D eigenvalue weighted by Crippen LogP contribution is -2.42. The second-order valence-corrected chi connectivity index (χ2v) is 8.06. The van der Waals surface area contributed by atoms with Crippen molar-refractivity contribution in [3.8, 4) is 16.4 Å². The molecular weight excluding hydrogens is 413 g/mol. The summed E-state index contributed by atoms with van der Waals surface area (Å²) in [7, 11) is 0. The molecule has 1 aliphatic rings. The van der Waals surface area contributed by atoms with Crippen molar-refractivity contribution in [2.75, 3.05) is 13.1 Å². The summed E-state index contributed by atoms with van der Waals surface area (Å²) in [5.74, 6) is 0.675. The highest BCUT2D eigenvalue weighted by molar-refractivity contribution is 7.13. The first-order valence-electron chi connectivity index (χ1n) is 9.34. The van der Waals surface area contributed by atoms with E-state index in [1.165, 1.54) is 23.5 Å². The quantitative estimate of drug-likeness (QED) is 0.676. The lowest BCUT2D eigenvalue weighted by molar-refractivity contribution is 0.0668. The van der Waals surface area contributed by atoms with Crippen LogP contribution in [-0.2, 0) is 0 Å². The zero-order valence-corrected chi connectivity index (χ0v) is 17.6. The van der Waals surface area contributed by atoms with Gasteiger partial charge in [0.25, 0.3) is 5.91 Å². The number of benzene rings is 1. The maximum absolute atomic E-state index is 13.3. The van der Waals surface area contributed by atoms with Gasteiger partial charge in [0, 0.05) is 19.1 Å².